The van der Waals surface area contributed by atoms with Crippen LogP contribution in [-0.4, -0.2) is 9.13 Å². The number of benzene rings is 14. The molecule has 6 heterocycles. The number of hydrogen-bond acceptors (Lipinski definition) is 4. The molecule has 90 heavy (non-hydrogen) atoms. The summed E-state index contributed by atoms with van der Waals surface area (Å²) in [5.74, 6) is 0. The van der Waals surface area contributed by atoms with Crippen molar-refractivity contribution in [3.63, 3.8) is 0 Å². The highest BCUT2D eigenvalue weighted by atomic mass is 16.3. The molecule has 0 aliphatic heterocycles. The van der Waals surface area contributed by atoms with Gasteiger partial charge in [0.15, 0.2) is 0 Å². The molecule has 0 bridgehead atoms. The first-order valence-electron chi connectivity index (χ1n) is 30.5. The van der Waals surface area contributed by atoms with E-state index in [1.165, 1.54) is 77.0 Å². The summed E-state index contributed by atoms with van der Waals surface area (Å²) in [4.78, 5) is 0. The Kier molecular flexibility index (Phi) is 11.0. The molecule has 0 spiro atoms. The molecular weight excluding hydrogens is 1100 g/mol. The number of nitrogens with zero attached hydrogens (tertiary/aromatic N) is 2. The van der Waals surface area contributed by atoms with Gasteiger partial charge in [-0.25, -0.2) is 0 Å². The average Bonchev–Trinajstić information content (AvgIpc) is 1.79. The number of rotatable bonds is 6. The van der Waals surface area contributed by atoms with Crippen LogP contribution in [0.2, 0.25) is 0 Å². The summed E-state index contributed by atoms with van der Waals surface area (Å²) >= 11 is 0. The van der Waals surface area contributed by atoms with Crippen molar-refractivity contribution in [1.82, 2.24) is 9.13 Å². The summed E-state index contributed by atoms with van der Waals surface area (Å²) in [6, 6.07) is 107. The van der Waals surface area contributed by atoms with E-state index < -0.39 is 0 Å². The van der Waals surface area contributed by atoms with Crippen LogP contribution in [0.3, 0.4) is 0 Å². The zero-order chi connectivity index (χ0) is 59.0. The maximum atomic E-state index is 6.30. The van der Waals surface area contributed by atoms with E-state index in [2.05, 4.69) is 264 Å². The van der Waals surface area contributed by atoms with Crippen molar-refractivity contribution in [2.24, 2.45) is 0 Å². The minimum absolute atomic E-state index is 0.917. The van der Waals surface area contributed by atoms with Crippen molar-refractivity contribution in [3.8, 4) is 55.9 Å². The van der Waals surface area contributed by atoms with Crippen LogP contribution >= 0.6 is 0 Å². The first kappa shape index (κ1) is 50.1. The van der Waals surface area contributed by atoms with E-state index in [0.717, 1.165) is 110 Å². The van der Waals surface area contributed by atoms with E-state index in [1.54, 1.807) is 0 Å². The largest absolute Gasteiger partial charge is 0.456 e. The summed E-state index contributed by atoms with van der Waals surface area (Å²) in [6.07, 6.45) is 0. The first-order chi connectivity index (χ1) is 44.6. The van der Waals surface area contributed by atoms with Crippen LogP contribution in [0.5, 0.6) is 0 Å². The Labute approximate surface area is 514 Å². The van der Waals surface area contributed by atoms with Gasteiger partial charge in [0.2, 0.25) is 0 Å². The maximum absolute atomic E-state index is 6.30. The molecule has 0 unspecified atom stereocenters. The van der Waals surface area contributed by atoms with E-state index in [-0.39, 0.29) is 0 Å². The Balaban J connectivity index is 0.000000130. The molecule has 0 amide bonds. The Hall–Kier alpha value is -12.1. The maximum Gasteiger partial charge on any atom is 0.143 e. The third-order valence-corrected chi connectivity index (χ3v) is 18.5. The molecule has 14 aromatic carbocycles. The van der Waals surface area contributed by atoms with E-state index in [9.17, 15) is 0 Å². The lowest BCUT2D eigenvalue weighted by Gasteiger charge is -2.10. The Morgan fingerprint density at radius 1 is 0.178 bits per heavy atom. The van der Waals surface area contributed by atoms with Crippen molar-refractivity contribution in [2.45, 2.75) is 0 Å². The summed E-state index contributed by atoms with van der Waals surface area (Å²) in [7, 11) is 0. The SMILES string of the molecule is c1ccc2c(c1)oc1cc3c4ccccc4n(-c4ccc(-c5ccc(-c6cccc7c6oc6ccccc67)cc5)cc4)c3cc12.c1ccc2c(c1)oc1ccc(-c3ccc(-c4ccc(-n5c6ccccc6c6cc7oc8ccccc8c7cc65)cc4)cc3)cc12. The number of para-hydroxylation sites is 7. The van der Waals surface area contributed by atoms with Crippen molar-refractivity contribution < 1.29 is 17.7 Å². The first-order valence-corrected chi connectivity index (χ1v) is 30.5. The van der Waals surface area contributed by atoms with Gasteiger partial charge in [-0.2, -0.15) is 0 Å². The van der Waals surface area contributed by atoms with Gasteiger partial charge in [-0.1, -0.05) is 206 Å². The van der Waals surface area contributed by atoms with Gasteiger partial charge in [-0.3, -0.25) is 0 Å². The van der Waals surface area contributed by atoms with Crippen LogP contribution in [0.25, 0.3) is 187 Å². The Bertz CT molecular complexity index is 6240. The average molecular weight is 1150 g/mol. The molecular formula is C84H50N2O4. The van der Waals surface area contributed by atoms with Crippen LogP contribution in [-0.2, 0) is 0 Å². The van der Waals surface area contributed by atoms with E-state index >= 15 is 0 Å². The second kappa shape index (κ2) is 19.7. The van der Waals surface area contributed by atoms with Crippen molar-refractivity contribution >= 4 is 131 Å². The molecule has 6 aromatic heterocycles. The normalized spacial score (nSPS) is 12.0. The summed E-state index contributed by atoms with van der Waals surface area (Å²) in [5.41, 5.74) is 23.7. The second-order valence-electron chi connectivity index (χ2n) is 23.5. The second-order valence-corrected chi connectivity index (χ2v) is 23.5. The van der Waals surface area contributed by atoms with Crippen molar-refractivity contribution in [1.29, 1.82) is 0 Å². The van der Waals surface area contributed by atoms with Crippen molar-refractivity contribution in [2.75, 3.05) is 0 Å². The van der Waals surface area contributed by atoms with Gasteiger partial charge in [0.1, 0.15) is 44.7 Å². The summed E-state index contributed by atoms with van der Waals surface area (Å²) in [5, 5.41) is 14.0. The molecule has 0 aliphatic carbocycles. The van der Waals surface area contributed by atoms with E-state index in [4.69, 9.17) is 17.7 Å². The quantitative estimate of drug-likeness (QED) is 0.166. The molecule has 0 atom stereocenters. The lowest BCUT2D eigenvalue weighted by atomic mass is 9.98. The molecule has 6 heteroatoms. The van der Waals surface area contributed by atoms with Gasteiger partial charge in [0, 0.05) is 81.6 Å². The number of hydrogen-bond donors (Lipinski definition) is 0. The van der Waals surface area contributed by atoms with Gasteiger partial charge in [-0.05, 0) is 136 Å². The highest BCUT2D eigenvalue weighted by Gasteiger charge is 2.20. The highest BCUT2D eigenvalue weighted by molar-refractivity contribution is 6.19. The smallest absolute Gasteiger partial charge is 0.143 e. The van der Waals surface area contributed by atoms with Gasteiger partial charge < -0.3 is 26.8 Å². The zero-order valence-electron chi connectivity index (χ0n) is 48.4. The van der Waals surface area contributed by atoms with Gasteiger partial charge in [0.05, 0.1) is 22.1 Å². The van der Waals surface area contributed by atoms with Gasteiger partial charge in [-0.15, -0.1) is 0 Å². The molecule has 0 radical (unpaired) electrons. The van der Waals surface area contributed by atoms with Crippen LogP contribution in [0.4, 0.5) is 0 Å². The molecule has 20 rings (SSSR count). The minimum atomic E-state index is 0.917. The fraction of sp³-hybridized carbons (Fsp3) is 0. The topological polar surface area (TPSA) is 62.4 Å². The fourth-order valence-electron chi connectivity index (χ4n) is 14.1. The van der Waals surface area contributed by atoms with E-state index in [0.29, 0.717) is 0 Å². The van der Waals surface area contributed by atoms with E-state index in [1.807, 2.05) is 48.5 Å². The standard InChI is InChI=1S/2C42H25NO2/c1-4-13-37-31(8-1)35-25-41-36(33-10-3-5-14-39(33)44-41)24-38(35)43(37)29-22-20-27(21-23-29)26-16-18-28(19-17-26)30-11-7-12-34-32-9-2-6-15-40(32)45-42(30)34;1-4-10-37-31(7-1)34-25-42-36(33-9-3-6-12-40(33)45-42)24-38(34)43(37)30-20-17-27(18-21-30)26-13-15-28(16-14-26)29-19-22-41-35(23-29)32-8-2-5-11-39(32)44-41/h2*1-25H. The minimum Gasteiger partial charge on any atom is -0.456 e. The molecule has 0 N–H and O–H groups in total. The van der Waals surface area contributed by atoms with Crippen LogP contribution in [0.15, 0.2) is 321 Å². The Morgan fingerprint density at radius 2 is 0.511 bits per heavy atom. The molecule has 0 fully saturated rings. The third kappa shape index (κ3) is 7.85. The summed E-state index contributed by atoms with van der Waals surface area (Å²) in [6.45, 7) is 0. The van der Waals surface area contributed by atoms with Gasteiger partial charge >= 0.3 is 0 Å². The molecule has 0 aliphatic rings. The number of aromatic nitrogens is 2. The van der Waals surface area contributed by atoms with Gasteiger partial charge in [0.25, 0.3) is 0 Å². The fourth-order valence-corrected chi connectivity index (χ4v) is 14.1. The lowest BCUT2D eigenvalue weighted by Crippen LogP contribution is -1.93. The molecule has 0 saturated heterocycles. The predicted octanol–water partition coefficient (Wildman–Crippen LogP) is 23.8. The molecule has 0 saturated carbocycles. The monoisotopic (exact) mass is 1150 g/mol. The van der Waals surface area contributed by atoms with Crippen LogP contribution < -0.4 is 0 Å². The Morgan fingerprint density at radius 3 is 0.989 bits per heavy atom. The summed E-state index contributed by atoms with van der Waals surface area (Å²) < 4.78 is 29.6. The lowest BCUT2D eigenvalue weighted by molar-refractivity contribution is 0.668. The predicted molar refractivity (Wildman–Crippen MR) is 372 cm³/mol. The van der Waals surface area contributed by atoms with Crippen molar-refractivity contribution in [3.05, 3.63) is 303 Å². The van der Waals surface area contributed by atoms with Crippen LogP contribution in [0.1, 0.15) is 0 Å². The molecule has 420 valence electrons. The zero-order valence-corrected chi connectivity index (χ0v) is 48.4. The number of fused-ring (bicyclic) bond motifs is 18. The highest BCUT2D eigenvalue weighted by Crippen LogP contribution is 2.43. The molecule has 6 nitrogen and oxygen atoms in total. The third-order valence-electron chi connectivity index (χ3n) is 18.5. The molecule has 20 aromatic rings. The van der Waals surface area contributed by atoms with Crippen LogP contribution in [0, 0.1) is 0 Å². The number of furan rings is 4.